The Balaban J connectivity index is 1.65. The fourth-order valence-electron chi connectivity index (χ4n) is 3.92. The van der Waals surface area contributed by atoms with E-state index in [1.165, 1.54) is 0 Å². The number of carbonyl (C=O) groups is 1. The highest BCUT2D eigenvalue weighted by atomic mass is 16.7. The molecule has 0 atom stereocenters. The van der Waals surface area contributed by atoms with Gasteiger partial charge in [0, 0.05) is 36.3 Å². The molecule has 0 aliphatic carbocycles. The van der Waals surface area contributed by atoms with Crippen LogP contribution in [0.3, 0.4) is 0 Å². The molecule has 0 saturated heterocycles. The highest BCUT2D eigenvalue weighted by Gasteiger charge is 2.37. The van der Waals surface area contributed by atoms with Gasteiger partial charge in [-0.2, -0.15) is 0 Å². The number of ether oxygens (including phenoxy) is 5. The smallest absolute Gasteiger partial charge is 0.305 e. The minimum absolute atomic E-state index is 0.00229. The van der Waals surface area contributed by atoms with Gasteiger partial charge in [0.05, 0.1) is 20.6 Å². The standard InChI is InChI=1S/C27H29NO7/c1-17-23(31-3)13-18(14-24(17)32-4)20-10-9-19(28-12-11-26(29)30)15-25(20)33-16-27(2)34-21-7-5-6-8-22(21)35-27/h5-10,13-15,28H,11-12,16H2,1-4H3,(H,29,30). The lowest BCUT2D eigenvalue weighted by molar-refractivity contribution is -0.136. The van der Waals surface area contributed by atoms with Gasteiger partial charge in [-0.15, -0.1) is 0 Å². The first-order chi connectivity index (χ1) is 16.8. The van der Waals surface area contributed by atoms with Crippen molar-refractivity contribution in [1.82, 2.24) is 0 Å². The first kappa shape index (κ1) is 24.1. The van der Waals surface area contributed by atoms with Crippen molar-refractivity contribution in [1.29, 1.82) is 0 Å². The summed E-state index contributed by atoms with van der Waals surface area (Å²) in [6.07, 6.45) is 0.00229. The van der Waals surface area contributed by atoms with Crippen molar-refractivity contribution >= 4 is 11.7 Å². The lowest BCUT2D eigenvalue weighted by Gasteiger charge is -2.24. The van der Waals surface area contributed by atoms with E-state index in [4.69, 9.17) is 28.8 Å². The lowest BCUT2D eigenvalue weighted by atomic mass is 10.0. The summed E-state index contributed by atoms with van der Waals surface area (Å²) in [5.41, 5.74) is 3.28. The molecule has 0 aromatic heterocycles. The van der Waals surface area contributed by atoms with E-state index < -0.39 is 11.8 Å². The van der Waals surface area contributed by atoms with Gasteiger partial charge in [-0.25, -0.2) is 0 Å². The molecule has 3 aromatic carbocycles. The third kappa shape index (κ3) is 5.37. The minimum atomic E-state index is -1.00. The first-order valence-electron chi connectivity index (χ1n) is 11.2. The molecule has 0 unspecified atom stereocenters. The van der Waals surface area contributed by atoms with Crippen LogP contribution < -0.4 is 29.0 Å². The van der Waals surface area contributed by atoms with E-state index in [2.05, 4.69) is 5.32 Å². The van der Waals surface area contributed by atoms with E-state index >= 15 is 0 Å². The van der Waals surface area contributed by atoms with Gasteiger partial charge in [-0.05, 0) is 48.9 Å². The van der Waals surface area contributed by atoms with Crippen LogP contribution in [0.15, 0.2) is 54.6 Å². The highest BCUT2D eigenvalue weighted by molar-refractivity contribution is 5.76. The summed E-state index contributed by atoms with van der Waals surface area (Å²) in [5.74, 6) is 1.41. The molecule has 2 N–H and O–H groups in total. The first-order valence-corrected chi connectivity index (χ1v) is 11.2. The number of hydrogen-bond donors (Lipinski definition) is 2. The van der Waals surface area contributed by atoms with Crippen molar-refractivity contribution in [2.24, 2.45) is 0 Å². The molecule has 4 rings (SSSR count). The maximum atomic E-state index is 10.9. The fraction of sp³-hybridized carbons (Fsp3) is 0.296. The van der Waals surface area contributed by atoms with Crippen LogP contribution in [0.1, 0.15) is 18.9 Å². The molecular weight excluding hydrogens is 450 g/mol. The molecule has 0 radical (unpaired) electrons. The zero-order valence-corrected chi connectivity index (χ0v) is 20.2. The van der Waals surface area contributed by atoms with E-state index in [-0.39, 0.29) is 13.0 Å². The zero-order chi connectivity index (χ0) is 25.0. The summed E-state index contributed by atoms with van der Waals surface area (Å²) in [7, 11) is 3.23. The third-order valence-corrected chi connectivity index (χ3v) is 5.70. The van der Waals surface area contributed by atoms with Crippen molar-refractivity contribution in [3.05, 3.63) is 60.2 Å². The second-order valence-electron chi connectivity index (χ2n) is 8.36. The van der Waals surface area contributed by atoms with Crippen molar-refractivity contribution in [2.75, 3.05) is 32.7 Å². The molecule has 0 spiro atoms. The molecule has 184 valence electrons. The average Bonchev–Trinajstić information content (AvgIpc) is 3.19. The summed E-state index contributed by atoms with van der Waals surface area (Å²) >= 11 is 0. The van der Waals surface area contributed by atoms with Crippen LogP contribution in [0, 0.1) is 6.92 Å². The fourth-order valence-corrected chi connectivity index (χ4v) is 3.92. The number of para-hydroxylation sites is 2. The highest BCUT2D eigenvalue weighted by Crippen LogP contribution is 2.41. The predicted molar refractivity (Wildman–Crippen MR) is 132 cm³/mol. The van der Waals surface area contributed by atoms with Gasteiger partial charge in [0.1, 0.15) is 17.2 Å². The SMILES string of the molecule is COc1cc(-c2ccc(NCCC(=O)O)cc2OCC2(C)Oc3ccccc3O2)cc(OC)c1C. The van der Waals surface area contributed by atoms with Gasteiger partial charge in [-0.3, -0.25) is 4.79 Å². The molecule has 1 aliphatic rings. The van der Waals surface area contributed by atoms with Gasteiger partial charge < -0.3 is 34.1 Å². The molecule has 0 amide bonds. The molecule has 1 aliphatic heterocycles. The van der Waals surface area contributed by atoms with Crippen LogP contribution in [-0.2, 0) is 4.79 Å². The average molecular weight is 480 g/mol. The topological polar surface area (TPSA) is 95.5 Å². The van der Waals surface area contributed by atoms with Crippen molar-refractivity contribution in [2.45, 2.75) is 26.1 Å². The number of anilines is 1. The summed E-state index contributed by atoms with van der Waals surface area (Å²) in [6.45, 7) is 4.16. The number of rotatable bonds is 10. The van der Waals surface area contributed by atoms with Gasteiger partial charge in [0.2, 0.25) is 0 Å². The van der Waals surface area contributed by atoms with Crippen LogP contribution in [0.2, 0.25) is 0 Å². The Kier molecular flexibility index (Phi) is 6.91. The summed E-state index contributed by atoms with van der Waals surface area (Å²) in [4.78, 5) is 10.9. The molecule has 35 heavy (non-hydrogen) atoms. The Labute approximate surface area is 204 Å². The van der Waals surface area contributed by atoms with Gasteiger partial charge in [0.15, 0.2) is 18.1 Å². The van der Waals surface area contributed by atoms with Crippen LogP contribution in [0.25, 0.3) is 11.1 Å². The van der Waals surface area contributed by atoms with Crippen LogP contribution in [0.5, 0.6) is 28.7 Å². The van der Waals surface area contributed by atoms with Crippen molar-refractivity contribution < 1.29 is 33.6 Å². The molecule has 0 fully saturated rings. The second-order valence-corrected chi connectivity index (χ2v) is 8.36. The number of benzene rings is 3. The summed E-state index contributed by atoms with van der Waals surface area (Å²) in [6, 6.07) is 17.0. The van der Waals surface area contributed by atoms with E-state index in [1.54, 1.807) is 14.2 Å². The molecular formula is C27H29NO7. The van der Waals surface area contributed by atoms with Gasteiger partial charge >= 0.3 is 5.97 Å². The van der Waals surface area contributed by atoms with Gasteiger partial charge in [0.25, 0.3) is 5.79 Å². The number of fused-ring (bicyclic) bond motifs is 1. The van der Waals surface area contributed by atoms with E-state index in [0.29, 0.717) is 35.3 Å². The van der Waals surface area contributed by atoms with Crippen LogP contribution in [-0.4, -0.2) is 44.2 Å². The number of hydrogen-bond acceptors (Lipinski definition) is 7. The maximum Gasteiger partial charge on any atom is 0.305 e. The van der Waals surface area contributed by atoms with Crippen LogP contribution >= 0.6 is 0 Å². The molecule has 3 aromatic rings. The van der Waals surface area contributed by atoms with Crippen molar-refractivity contribution in [3.63, 3.8) is 0 Å². The number of carboxylic acid groups (broad SMARTS) is 1. The Hall–Kier alpha value is -4.07. The van der Waals surface area contributed by atoms with E-state index in [0.717, 1.165) is 22.4 Å². The zero-order valence-electron chi connectivity index (χ0n) is 20.2. The normalized spacial score (nSPS) is 13.3. The van der Waals surface area contributed by atoms with E-state index in [9.17, 15) is 4.79 Å². The second kappa shape index (κ2) is 10.0. The Morgan fingerprint density at radius 1 is 0.971 bits per heavy atom. The van der Waals surface area contributed by atoms with Crippen LogP contribution in [0.4, 0.5) is 5.69 Å². The predicted octanol–water partition coefficient (Wildman–Crippen LogP) is 5.13. The number of carboxylic acids is 1. The van der Waals surface area contributed by atoms with E-state index in [1.807, 2.05) is 68.4 Å². The number of aliphatic carboxylic acids is 1. The molecule has 8 nitrogen and oxygen atoms in total. The summed E-state index contributed by atoms with van der Waals surface area (Å²) in [5, 5.41) is 12.1. The monoisotopic (exact) mass is 479 g/mol. The Bertz CT molecular complexity index is 1170. The quantitative estimate of drug-likeness (QED) is 0.413. The molecule has 0 saturated carbocycles. The number of nitrogens with one attached hydrogen (secondary N) is 1. The number of methoxy groups -OCH3 is 2. The van der Waals surface area contributed by atoms with Gasteiger partial charge in [-0.1, -0.05) is 12.1 Å². The third-order valence-electron chi connectivity index (χ3n) is 5.70. The molecule has 8 heteroatoms. The Morgan fingerprint density at radius 3 is 2.17 bits per heavy atom. The molecule has 0 bridgehead atoms. The molecule has 1 heterocycles. The Morgan fingerprint density at radius 2 is 1.60 bits per heavy atom. The van der Waals surface area contributed by atoms with Crippen molar-refractivity contribution in [3.8, 4) is 39.9 Å². The maximum absolute atomic E-state index is 10.9. The minimum Gasteiger partial charge on any atom is -0.496 e. The summed E-state index contributed by atoms with van der Waals surface area (Å²) < 4.78 is 29.4. The lowest BCUT2D eigenvalue weighted by Crippen LogP contribution is -2.41. The largest absolute Gasteiger partial charge is 0.496 e.